The predicted molar refractivity (Wildman–Crippen MR) is 49.6 cm³/mol. The van der Waals surface area contributed by atoms with E-state index in [9.17, 15) is 0 Å². The molecule has 0 saturated heterocycles. The van der Waals surface area contributed by atoms with E-state index in [4.69, 9.17) is 5.26 Å². The summed E-state index contributed by atoms with van der Waals surface area (Å²) >= 11 is 0. The van der Waals surface area contributed by atoms with Gasteiger partial charge in [-0.25, -0.2) is 0 Å². The molecular formula is C10H11N3. The van der Waals surface area contributed by atoms with Crippen molar-refractivity contribution in [2.75, 3.05) is 0 Å². The van der Waals surface area contributed by atoms with Crippen LogP contribution in [0.4, 0.5) is 0 Å². The molecule has 3 nitrogen and oxygen atoms in total. The van der Waals surface area contributed by atoms with Crippen LogP contribution in [-0.2, 0) is 0 Å². The first-order valence-electron chi connectivity index (χ1n) is 3.99. The van der Waals surface area contributed by atoms with Gasteiger partial charge in [0.05, 0.1) is 11.8 Å². The number of H-pyrrole nitrogens is 1. The number of aromatic amines is 1. The van der Waals surface area contributed by atoms with Crippen molar-refractivity contribution in [2.45, 2.75) is 20.8 Å². The van der Waals surface area contributed by atoms with Crippen LogP contribution in [0.3, 0.4) is 0 Å². The molecule has 0 aliphatic heterocycles. The Balaban J connectivity index is 2.97. The SMILES string of the molecule is CC(C)(C)C#Cc1cn[nH]c1C#N. The number of nitrogens with one attached hydrogen (secondary N) is 1. The molecule has 0 fully saturated rings. The molecule has 1 heterocycles. The fourth-order valence-corrected chi connectivity index (χ4v) is 0.721. The van der Waals surface area contributed by atoms with Gasteiger partial charge < -0.3 is 0 Å². The Morgan fingerprint density at radius 3 is 2.69 bits per heavy atom. The van der Waals surface area contributed by atoms with Crippen LogP contribution in [0.1, 0.15) is 32.0 Å². The third-order valence-corrected chi connectivity index (χ3v) is 1.32. The Bertz CT molecular complexity index is 390. The van der Waals surface area contributed by atoms with Gasteiger partial charge >= 0.3 is 0 Å². The van der Waals surface area contributed by atoms with Crippen molar-refractivity contribution in [3.63, 3.8) is 0 Å². The van der Waals surface area contributed by atoms with E-state index in [1.54, 1.807) is 6.20 Å². The summed E-state index contributed by atoms with van der Waals surface area (Å²) in [6, 6.07) is 1.99. The second-order valence-corrected chi connectivity index (χ2v) is 3.77. The second kappa shape index (κ2) is 3.33. The summed E-state index contributed by atoms with van der Waals surface area (Å²) in [5, 5.41) is 15.0. The largest absolute Gasteiger partial charge is 0.267 e. The Hall–Kier alpha value is -1.74. The minimum atomic E-state index is -0.0516. The minimum absolute atomic E-state index is 0.0516. The molecule has 1 aromatic heterocycles. The number of hydrogen-bond donors (Lipinski definition) is 1. The molecule has 0 aliphatic carbocycles. The first-order valence-corrected chi connectivity index (χ1v) is 3.99. The van der Waals surface area contributed by atoms with E-state index in [1.165, 1.54) is 0 Å². The summed E-state index contributed by atoms with van der Waals surface area (Å²) in [6.45, 7) is 6.06. The first-order chi connectivity index (χ1) is 6.03. The lowest BCUT2D eigenvalue weighted by Crippen LogP contribution is -1.99. The van der Waals surface area contributed by atoms with Crippen LogP contribution in [0.5, 0.6) is 0 Å². The van der Waals surface area contributed by atoms with E-state index in [1.807, 2.05) is 26.8 Å². The number of rotatable bonds is 0. The van der Waals surface area contributed by atoms with E-state index in [-0.39, 0.29) is 5.41 Å². The van der Waals surface area contributed by atoms with Crippen molar-refractivity contribution in [3.05, 3.63) is 17.5 Å². The first kappa shape index (κ1) is 9.35. The van der Waals surface area contributed by atoms with Gasteiger partial charge in [0.25, 0.3) is 0 Å². The maximum atomic E-state index is 8.65. The lowest BCUT2D eigenvalue weighted by atomic mass is 9.97. The molecule has 0 amide bonds. The molecule has 0 bridgehead atoms. The van der Waals surface area contributed by atoms with Gasteiger partial charge in [0.15, 0.2) is 5.69 Å². The fourth-order valence-electron chi connectivity index (χ4n) is 0.721. The standard InChI is InChI=1S/C10H11N3/c1-10(2,3)5-4-8-7-12-13-9(8)6-11/h7H,1-3H3,(H,12,13). The van der Waals surface area contributed by atoms with Gasteiger partial charge in [0.2, 0.25) is 0 Å². The smallest absolute Gasteiger partial charge is 0.151 e. The molecule has 0 aromatic carbocycles. The normalized spacial score (nSPS) is 10.0. The van der Waals surface area contributed by atoms with E-state index >= 15 is 0 Å². The zero-order valence-corrected chi connectivity index (χ0v) is 7.97. The average molecular weight is 173 g/mol. The minimum Gasteiger partial charge on any atom is -0.267 e. The van der Waals surface area contributed by atoms with Gasteiger partial charge in [-0.05, 0) is 20.8 Å². The van der Waals surface area contributed by atoms with Crippen LogP contribution in [0.25, 0.3) is 0 Å². The summed E-state index contributed by atoms with van der Waals surface area (Å²) < 4.78 is 0. The van der Waals surface area contributed by atoms with Crippen molar-refractivity contribution >= 4 is 0 Å². The number of aromatic nitrogens is 2. The Labute approximate surface area is 77.8 Å². The molecular weight excluding hydrogens is 162 g/mol. The third kappa shape index (κ3) is 2.65. The number of hydrogen-bond acceptors (Lipinski definition) is 2. The maximum absolute atomic E-state index is 8.65. The molecule has 0 atom stereocenters. The van der Waals surface area contributed by atoms with Crippen molar-refractivity contribution in [3.8, 4) is 17.9 Å². The van der Waals surface area contributed by atoms with Gasteiger partial charge in [0.1, 0.15) is 6.07 Å². The fraction of sp³-hybridized carbons (Fsp3) is 0.400. The molecule has 0 radical (unpaired) electrons. The molecule has 3 heteroatoms. The maximum Gasteiger partial charge on any atom is 0.151 e. The van der Waals surface area contributed by atoms with Crippen LogP contribution >= 0.6 is 0 Å². The van der Waals surface area contributed by atoms with Crippen molar-refractivity contribution in [2.24, 2.45) is 5.41 Å². The highest BCUT2D eigenvalue weighted by molar-refractivity contribution is 5.42. The molecule has 0 unspecified atom stereocenters. The Morgan fingerprint density at radius 1 is 1.46 bits per heavy atom. The van der Waals surface area contributed by atoms with E-state index < -0.39 is 0 Å². The topological polar surface area (TPSA) is 52.5 Å². The Kier molecular flexibility index (Phi) is 2.39. The summed E-state index contributed by atoms with van der Waals surface area (Å²) in [6.07, 6.45) is 1.57. The molecule has 0 aliphatic rings. The van der Waals surface area contributed by atoms with Crippen molar-refractivity contribution < 1.29 is 0 Å². The number of nitrogens with zero attached hydrogens (tertiary/aromatic N) is 2. The van der Waals surface area contributed by atoms with Crippen molar-refractivity contribution in [1.82, 2.24) is 10.2 Å². The average Bonchev–Trinajstić information content (AvgIpc) is 2.46. The molecule has 1 aromatic rings. The summed E-state index contributed by atoms with van der Waals surface area (Å²) in [5.41, 5.74) is 1.04. The summed E-state index contributed by atoms with van der Waals surface area (Å²) in [4.78, 5) is 0. The van der Waals surface area contributed by atoms with Crippen LogP contribution in [-0.4, -0.2) is 10.2 Å². The quantitative estimate of drug-likeness (QED) is 0.607. The van der Waals surface area contributed by atoms with Gasteiger partial charge in [-0.15, -0.1) is 0 Å². The highest BCUT2D eigenvalue weighted by atomic mass is 15.1. The van der Waals surface area contributed by atoms with Crippen LogP contribution in [0.2, 0.25) is 0 Å². The highest BCUT2D eigenvalue weighted by Crippen LogP contribution is 2.11. The predicted octanol–water partition coefficient (Wildman–Crippen LogP) is 1.68. The lowest BCUT2D eigenvalue weighted by molar-refractivity contribution is 0.571. The second-order valence-electron chi connectivity index (χ2n) is 3.77. The van der Waals surface area contributed by atoms with Gasteiger partial charge in [-0.3, -0.25) is 5.10 Å². The molecule has 0 spiro atoms. The lowest BCUT2D eigenvalue weighted by Gasteiger charge is -2.06. The van der Waals surface area contributed by atoms with E-state index in [0.717, 1.165) is 0 Å². The molecule has 1 rings (SSSR count). The van der Waals surface area contributed by atoms with E-state index in [0.29, 0.717) is 11.3 Å². The molecule has 1 N–H and O–H groups in total. The molecule has 66 valence electrons. The van der Waals surface area contributed by atoms with Crippen molar-refractivity contribution in [1.29, 1.82) is 5.26 Å². The van der Waals surface area contributed by atoms with Crippen LogP contribution in [0, 0.1) is 28.6 Å². The molecule has 13 heavy (non-hydrogen) atoms. The monoisotopic (exact) mass is 173 g/mol. The summed E-state index contributed by atoms with van der Waals surface area (Å²) in [5.74, 6) is 5.96. The third-order valence-electron chi connectivity index (χ3n) is 1.32. The van der Waals surface area contributed by atoms with Crippen LogP contribution in [0.15, 0.2) is 6.20 Å². The summed E-state index contributed by atoms with van der Waals surface area (Å²) in [7, 11) is 0. The van der Waals surface area contributed by atoms with Gasteiger partial charge in [0, 0.05) is 5.41 Å². The van der Waals surface area contributed by atoms with Crippen LogP contribution < -0.4 is 0 Å². The van der Waals surface area contributed by atoms with Gasteiger partial charge in [-0.2, -0.15) is 10.4 Å². The zero-order valence-electron chi connectivity index (χ0n) is 7.97. The zero-order chi connectivity index (χ0) is 9.90. The Morgan fingerprint density at radius 2 is 2.15 bits per heavy atom. The van der Waals surface area contributed by atoms with Gasteiger partial charge in [-0.1, -0.05) is 11.8 Å². The number of nitriles is 1. The molecule has 0 saturated carbocycles. The highest BCUT2D eigenvalue weighted by Gasteiger charge is 2.05. The van der Waals surface area contributed by atoms with E-state index in [2.05, 4.69) is 22.0 Å².